The molecule has 6 heteroatoms. The molecule has 0 atom stereocenters. The van der Waals surface area contributed by atoms with E-state index in [2.05, 4.69) is 9.88 Å². The minimum atomic E-state index is -0.0491. The van der Waals surface area contributed by atoms with Gasteiger partial charge in [-0.3, -0.25) is 9.69 Å². The smallest absolute Gasteiger partial charge is 0.260 e. The number of thiazole rings is 1. The summed E-state index contributed by atoms with van der Waals surface area (Å²) >= 11 is 1.54. The summed E-state index contributed by atoms with van der Waals surface area (Å²) in [5, 5.41) is 0.727. The number of rotatable bonds is 7. The van der Waals surface area contributed by atoms with Gasteiger partial charge < -0.3 is 9.64 Å². The van der Waals surface area contributed by atoms with E-state index in [0.717, 1.165) is 27.6 Å². The predicted octanol–water partition coefficient (Wildman–Crippen LogP) is 4.29. The Kier molecular flexibility index (Phi) is 6.08. The van der Waals surface area contributed by atoms with Crippen molar-refractivity contribution < 1.29 is 9.53 Å². The lowest BCUT2D eigenvalue weighted by Crippen LogP contribution is -2.36. The van der Waals surface area contributed by atoms with Gasteiger partial charge in [-0.15, -0.1) is 0 Å². The van der Waals surface area contributed by atoms with Crippen LogP contribution in [0.2, 0.25) is 0 Å². The lowest BCUT2D eigenvalue weighted by molar-refractivity contribution is 0.0985. The van der Waals surface area contributed by atoms with Crippen LogP contribution >= 0.6 is 11.3 Å². The van der Waals surface area contributed by atoms with Crippen molar-refractivity contribution in [2.24, 2.45) is 0 Å². The van der Waals surface area contributed by atoms with Gasteiger partial charge in [0.25, 0.3) is 5.91 Å². The van der Waals surface area contributed by atoms with E-state index in [1.54, 1.807) is 16.2 Å². The molecule has 0 aliphatic rings. The number of hydrogen-bond donors (Lipinski definition) is 0. The fourth-order valence-electron chi connectivity index (χ4n) is 2.66. The van der Waals surface area contributed by atoms with Crippen LogP contribution in [0, 0.1) is 0 Å². The van der Waals surface area contributed by atoms with Crippen LogP contribution in [-0.4, -0.2) is 49.1 Å². The zero-order valence-corrected chi connectivity index (χ0v) is 17.0. The molecule has 0 aliphatic heterocycles. The molecule has 142 valence electrons. The van der Waals surface area contributed by atoms with Gasteiger partial charge in [0.1, 0.15) is 5.75 Å². The number of para-hydroxylation sites is 1. The van der Waals surface area contributed by atoms with E-state index in [9.17, 15) is 4.79 Å². The monoisotopic (exact) mass is 383 g/mol. The molecule has 5 nitrogen and oxygen atoms in total. The first-order chi connectivity index (χ1) is 12.9. The van der Waals surface area contributed by atoms with Gasteiger partial charge >= 0.3 is 0 Å². The molecule has 0 radical (unpaired) electrons. The summed E-state index contributed by atoms with van der Waals surface area (Å²) in [6.07, 6.45) is 0.103. The molecule has 3 aromatic rings. The second kappa shape index (κ2) is 8.50. The highest BCUT2D eigenvalue weighted by atomic mass is 32.1. The van der Waals surface area contributed by atoms with Gasteiger partial charge in [0.2, 0.25) is 0 Å². The third kappa shape index (κ3) is 4.84. The molecule has 0 unspecified atom stereocenters. The summed E-state index contributed by atoms with van der Waals surface area (Å²) in [5.41, 5.74) is 1.55. The zero-order valence-electron chi connectivity index (χ0n) is 16.2. The van der Waals surface area contributed by atoms with Crippen molar-refractivity contribution in [1.29, 1.82) is 0 Å². The Hall–Kier alpha value is -2.44. The molecule has 0 bridgehead atoms. The highest BCUT2D eigenvalue weighted by Gasteiger charge is 2.21. The molecule has 0 saturated carbocycles. The van der Waals surface area contributed by atoms with Gasteiger partial charge in [-0.25, -0.2) is 4.98 Å². The molecule has 0 saturated heterocycles. The number of ether oxygens (including phenoxy) is 1. The second-order valence-corrected chi connectivity index (χ2v) is 7.92. The summed E-state index contributed by atoms with van der Waals surface area (Å²) < 4.78 is 6.75. The van der Waals surface area contributed by atoms with Crippen LogP contribution in [0.1, 0.15) is 24.2 Å². The summed E-state index contributed by atoms with van der Waals surface area (Å²) in [6, 6.07) is 15.3. The predicted molar refractivity (Wildman–Crippen MR) is 112 cm³/mol. The molecule has 0 N–H and O–H groups in total. The Bertz CT molecular complexity index is 870. The Balaban J connectivity index is 1.88. The topological polar surface area (TPSA) is 45.7 Å². The van der Waals surface area contributed by atoms with E-state index >= 15 is 0 Å². The molecule has 1 amide bonds. The maximum Gasteiger partial charge on any atom is 0.260 e. The largest absolute Gasteiger partial charge is 0.491 e. The Morgan fingerprint density at radius 1 is 1.07 bits per heavy atom. The number of benzene rings is 2. The summed E-state index contributed by atoms with van der Waals surface area (Å²) in [4.78, 5) is 21.7. The van der Waals surface area contributed by atoms with Crippen molar-refractivity contribution in [3.05, 3.63) is 54.1 Å². The highest BCUT2D eigenvalue weighted by molar-refractivity contribution is 7.22. The Labute approximate surface area is 164 Å². The fourth-order valence-corrected chi connectivity index (χ4v) is 3.65. The third-order valence-electron chi connectivity index (χ3n) is 4.00. The maximum absolute atomic E-state index is 13.2. The van der Waals surface area contributed by atoms with E-state index in [-0.39, 0.29) is 12.0 Å². The van der Waals surface area contributed by atoms with Gasteiger partial charge in [-0.1, -0.05) is 23.5 Å². The van der Waals surface area contributed by atoms with Gasteiger partial charge in [0, 0.05) is 18.7 Å². The zero-order chi connectivity index (χ0) is 19.4. The standard InChI is InChI=1S/C21H25N3O2S/c1-15(2)26-17-11-9-16(10-12-17)20(25)24(14-13-23(3)4)21-22-18-7-5-6-8-19(18)27-21/h5-12,15H,13-14H2,1-4H3. The SMILES string of the molecule is CC(C)Oc1ccc(C(=O)N(CCN(C)C)c2nc3ccccc3s2)cc1. The molecular weight excluding hydrogens is 358 g/mol. The first-order valence-corrected chi connectivity index (χ1v) is 9.84. The number of anilines is 1. The quantitative estimate of drug-likeness (QED) is 0.610. The van der Waals surface area contributed by atoms with Crippen molar-refractivity contribution in [1.82, 2.24) is 9.88 Å². The maximum atomic E-state index is 13.2. The number of aromatic nitrogens is 1. The second-order valence-electron chi connectivity index (χ2n) is 6.92. The molecular formula is C21H25N3O2S. The minimum absolute atomic E-state index is 0.0491. The number of fused-ring (bicyclic) bond motifs is 1. The molecule has 1 aromatic heterocycles. The number of likely N-dealkylation sites (N-methyl/N-ethyl adjacent to an activating group) is 1. The summed E-state index contributed by atoms with van der Waals surface area (Å²) in [7, 11) is 4.00. The molecule has 0 aliphatic carbocycles. The van der Waals surface area contributed by atoms with Crippen LogP contribution in [0.4, 0.5) is 5.13 Å². The van der Waals surface area contributed by atoms with Crippen LogP contribution < -0.4 is 9.64 Å². The fraction of sp³-hybridized carbons (Fsp3) is 0.333. The van der Waals surface area contributed by atoms with E-state index in [1.165, 1.54) is 0 Å². The van der Waals surface area contributed by atoms with Crippen molar-refractivity contribution >= 4 is 32.6 Å². The Morgan fingerprint density at radius 2 is 1.78 bits per heavy atom. The molecule has 0 fully saturated rings. The number of hydrogen-bond acceptors (Lipinski definition) is 5. The van der Waals surface area contributed by atoms with Crippen LogP contribution in [0.15, 0.2) is 48.5 Å². The third-order valence-corrected chi connectivity index (χ3v) is 5.06. The lowest BCUT2D eigenvalue weighted by atomic mass is 10.2. The van der Waals surface area contributed by atoms with Gasteiger partial charge in [-0.05, 0) is 64.3 Å². The first kappa shape index (κ1) is 19.3. The molecule has 3 rings (SSSR count). The summed E-state index contributed by atoms with van der Waals surface area (Å²) in [6.45, 7) is 5.30. The molecule has 2 aromatic carbocycles. The van der Waals surface area contributed by atoms with Crippen molar-refractivity contribution in [3.63, 3.8) is 0 Å². The van der Waals surface area contributed by atoms with Gasteiger partial charge in [0.05, 0.1) is 16.3 Å². The first-order valence-electron chi connectivity index (χ1n) is 9.03. The number of carbonyl (C=O) groups is 1. The van der Waals surface area contributed by atoms with Crippen LogP contribution in [0.5, 0.6) is 5.75 Å². The average molecular weight is 384 g/mol. The molecule has 1 heterocycles. The lowest BCUT2D eigenvalue weighted by Gasteiger charge is -2.22. The van der Waals surface area contributed by atoms with Gasteiger partial charge in [0.15, 0.2) is 5.13 Å². The van der Waals surface area contributed by atoms with E-state index in [1.807, 2.05) is 76.5 Å². The van der Waals surface area contributed by atoms with Crippen LogP contribution in [0.3, 0.4) is 0 Å². The summed E-state index contributed by atoms with van der Waals surface area (Å²) in [5.74, 6) is 0.716. The van der Waals surface area contributed by atoms with Crippen LogP contribution in [-0.2, 0) is 0 Å². The van der Waals surface area contributed by atoms with Crippen molar-refractivity contribution in [3.8, 4) is 5.75 Å². The number of carbonyl (C=O) groups excluding carboxylic acids is 1. The minimum Gasteiger partial charge on any atom is -0.491 e. The van der Waals surface area contributed by atoms with E-state index in [0.29, 0.717) is 12.1 Å². The molecule has 0 spiro atoms. The van der Waals surface area contributed by atoms with Gasteiger partial charge in [-0.2, -0.15) is 0 Å². The number of nitrogens with zero attached hydrogens (tertiary/aromatic N) is 3. The molecule has 27 heavy (non-hydrogen) atoms. The van der Waals surface area contributed by atoms with E-state index < -0.39 is 0 Å². The normalized spacial score (nSPS) is 11.3. The average Bonchev–Trinajstić information content (AvgIpc) is 3.05. The Morgan fingerprint density at radius 3 is 2.41 bits per heavy atom. The van der Waals surface area contributed by atoms with E-state index in [4.69, 9.17) is 4.74 Å². The highest BCUT2D eigenvalue weighted by Crippen LogP contribution is 2.29. The van der Waals surface area contributed by atoms with Crippen molar-refractivity contribution in [2.45, 2.75) is 20.0 Å². The number of amides is 1. The van der Waals surface area contributed by atoms with Crippen LogP contribution in [0.25, 0.3) is 10.2 Å². The van der Waals surface area contributed by atoms with Crippen molar-refractivity contribution in [2.75, 3.05) is 32.1 Å².